The summed E-state index contributed by atoms with van der Waals surface area (Å²) in [4.78, 5) is 18.2. The number of anilines is 1. The monoisotopic (exact) mass is 326 g/mol. The van der Waals surface area contributed by atoms with E-state index in [1.165, 1.54) is 19.3 Å². The minimum absolute atomic E-state index is 0.104. The Morgan fingerprint density at radius 2 is 2.14 bits per heavy atom. The van der Waals surface area contributed by atoms with Crippen LogP contribution >= 0.6 is 11.5 Å². The Kier molecular flexibility index (Phi) is 4.22. The van der Waals surface area contributed by atoms with E-state index in [2.05, 4.69) is 14.7 Å². The van der Waals surface area contributed by atoms with Crippen molar-refractivity contribution >= 4 is 22.7 Å². The lowest BCUT2D eigenvalue weighted by Gasteiger charge is -2.16. The molecular formula is C14H22N4O3S. The fourth-order valence-corrected chi connectivity index (χ4v) is 3.64. The van der Waals surface area contributed by atoms with Crippen LogP contribution in [0.1, 0.15) is 33.1 Å². The van der Waals surface area contributed by atoms with E-state index in [0.29, 0.717) is 17.0 Å². The number of hydrogen-bond donors (Lipinski definition) is 2. The van der Waals surface area contributed by atoms with Crippen molar-refractivity contribution in [1.82, 2.24) is 14.3 Å². The zero-order valence-electron chi connectivity index (χ0n) is 12.9. The third-order valence-electron chi connectivity index (χ3n) is 4.19. The van der Waals surface area contributed by atoms with Gasteiger partial charge in [0.05, 0.1) is 5.60 Å². The first kappa shape index (κ1) is 15.5. The first-order valence-corrected chi connectivity index (χ1v) is 8.43. The van der Waals surface area contributed by atoms with Crippen molar-refractivity contribution in [1.29, 1.82) is 0 Å². The van der Waals surface area contributed by atoms with Crippen LogP contribution < -0.4 is 10.1 Å². The van der Waals surface area contributed by atoms with Crippen LogP contribution in [0.25, 0.3) is 0 Å². The summed E-state index contributed by atoms with van der Waals surface area (Å²) in [7, 11) is 0. The third kappa shape index (κ3) is 3.67. The van der Waals surface area contributed by atoms with E-state index in [1.54, 1.807) is 13.8 Å². The van der Waals surface area contributed by atoms with Gasteiger partial charge in [-0.05, 0) is 38.5 Å². The van der Waals surface area contributed by atoms with Crippen LogP contribution in [-0.2, 0) is 0 Å². The molecule has 1 saturated carbocycles. The van der Waals surface area contributed by atoms with E-state index in [1.807, 2.05) is 4.90 Å². The van der Waals surface area contributed by atoms with Crippen molar-refractivity contribution in [3.05, 3.63) is 0 Å². The molecule has 8 heteroatoms. The van der Waals surface area contributed by atoms with E-state index in [0.717, 1.165) is 24.6 Å². The lowest BCUT2D eigenvalue weighted by molar-refractivity contribution is 0.0255. The second-order valence-corrected chi connectivity index (χ2v) is 7.52. The number of urea groups is 1. The molecule has 0 spiro atoms. The molecular weight excluding hydrogens is 304 g/mol. The molecule has 0 radical (unpaired) electrons. The number of carbonyl (C=O) groups excluding carboxylic acids is 1. The van der Waals surface area contributed by atoms with Gasteiger partial charge >= 0.3 is 12.0 Å². The molecule has 7 nitrogen and oxygen atoms in total. The summed E-state index contributed by atoms with van der Waals surface area (Å²) in [6.07, 6.45) is 3.77. The highest BCUT2D eigenvalue weighted by atomic mass is 32.1. The SMILES string of the molecule is CC(C)(O)COc1nsc(NC(=O)N2CC3CCCC3C2)n1. The first-order chi connectivity index (χ1) is 10.4. The molecule has 0 bridgehead atoms. The molecule has 1 aliphatic heterocycles. The Balaban J connectivity index is 1.51. The van der Waals surface area contributed by atoms with Crippen LogP contribution in [0.15, 0.2) is 0 Å². The quantitative estimate of drug-likeness (QED) is 0.883. The Hall–Kier alpha value is -1.41. The van der Waals surface area contributed by atoms with E-state index in [4.69, 9.17) is 4.74 Å². The second kappa shape index (κ2) is 6.00. The van der Waals surface area contributed by atoms with Crippen molar-refractivity contribution in [2.45, 2.75) is 38.7 Å². The molecule has 1 aromatic heterocycles. The van der Waals surface area contributed by atoms with Crippen molar-refractivity contribution in [3.8, 4) is 6.01 Å². The van der Waals surface area contributed by atoms with Gasteiger partial charge in [-0.1, -0.05) is 6.42 Å². The molecule has 2 amide bonds. The number of amides is 2. The number of fused-ring (bicyclic) bond motifs is 1. The third-order valence-corrected chi connectivity index (χ3v) is 4.80. The van der Waals surface area contributed by atoms with Gasteiger partial charge in [-0.3, -0.25) is 5.32 Å². The van der Waals surface area contributed by atoms with E-state index in [-0.39, 0.29) is 18.6 Å². The van der Waals surface area contributed by atoms with Crippen LogP contribution in [0.4, 0.5) is 9.93 Å². The zero-order valence-corrected chi connectivity index (χ0v) is 13.7. The summed E-state index contributed by atoms with van der Waals surface area (Å²) in [6.45, 7) is 5.08. The van der Waals surface area contributed by atoms with Gasteiger partial charge in [-0.2, -0.15) is 4.98 Å². The lowest BCUT2D eigenvalue weighted by atomic mass is 10.0. The van der Waals surface area contributed by atoms with Crippen LogP contribution in [0, 0.1) is 11.8 Å². The van der Waals surface area contributed by atoms with Crippen molar-refractivity contribution in [2.75, 3.05) is 25.0 Å². The van der Waals surface area contributed by atoms with E-state index >= 15 is 0 Å². The molecule has 2 aliphatic rings. The molecule has 2 heterocycles. The number of likely N-dealkylation sites (tertiary alicyclic amines) is 1. The average Bonchev–Trinajstić information content (AvgIpc) is 3.10. The largest absolute Gasteiger partial charge is 0.460 e. The zero-order chi connectivity index (χ0) is 15.7. The normalized spacial score (nSPS) is 24.4. The van der Waals surface area contributed by atoms with Crippen molar-refractivity contribution in [2.24, 2.45) is 11.8 Å². The van der Waals surface area contributed by atoms with Crippen molar-refractivity contribution < 1.29 is 14.6 Å². The molecule has 122 valence electrons. The molecule has 1 saturated heterocycles. The Morgan fingerprint density at radius 1 is 1.45 bits per heavy atom. The number of aliphatic hydroxyl groups is 1. The number of aromatic nitrogens is 2. The Bertz CT molecular complexity index is 530. The number of ether oxygens (including phenoxy) is 1. The van der Waals surface area contributed by atoms with Crippen LogP contribution in [-0.4, -0.2) is 50.7 Å². The summed E-state index contributed by atoms with van der Waals surface area (Å²) in [5, 5.41) is 12.8. The Morgan fingerprint density at radius 3 is 2.77 bits per heavy atom. The maximum absolute atomic E-state index is 12.2. The predicted molar refractivity (Wildman–Crippen MR) is 83.1 cm³/mol. The van der Waals surface area contributed by atoms with Gasteiger partial charge in [0, 0.05) is 24.6 Å². The predicted octanol–water partition coefficient (Wildman–Crippen LogP) is 1.95. The van der Waals surface area contributed by atoms with E-state index < -0.39 is 5.60 Å². The van der Waals surface area contributed by atoms with Gasteiger partial charge in [-0.25, -0.2) is 4.79 Å². The van der Waals surface area contributed by atoms with Crippen LogP contribution in [0.3, 0.4) is 0 Å². The Labute approximate surface area is 133 Å². The fraction of sp³-hybridized carbons (Fsp3) is 0.786. The summed E-state index contributed by atoms with van der Waals surface area (Å²) in [5.74, 6) is 1.34. The second-order valence-electron chi connectivity index (χ2n) is 6.77. The maximum atomic E-state index is 12.2. The number of nitrogens with one attached hydrogen (secondary N) is 1. The maximum Gasteiger partial charge on any atom is 0.330 e. The van der Waals surface area contributed by atoms with E-state index in [9.17, 15) is 9.90 Å². The highest BCUT2D eigenvalue weighted by molar-refractivity contribution is 7.10. The van der Waals surface area contributed by atoms with Gasteiger partial charge < -0.3 is 14.7 Å². The standard InChI is InChI=1S/C14H22N4O3S/c1-14(2,20)8-21-11-15-12(22-17-11)16-13(19)18-6-9-4-3-5-10(9)7-18/h9-10,20H,3-8H2,1-2H3,(H,15,16,17,19). The van der Waals surface area contributed by atoms with Crippen LogP contribution in [0.5, 0.6) is 6.01 Å². The average molecular weight is 326 g/mol. The smallest absolute Gasteiger partial charge is 0.330 e. The molecule has 2 N–H and O–H groups in total. The first-order valence-electron chi connectivity index (χ1n) is 7.65. The van der Waals surface area contributed by atoms with Crippen molar-refractivity contribution in [3.63, 3.8) is 0 Å². The highest BCUT2D eigenvalue weighted by Crippen LogP contribution is 2.37. The van der Waals surface area contributed by atoms with Gasteiger partial charge in [0.25, 0.3) is 0 Å². The molecule has 22 heavy (non-hydrogen) atoms. The summed E-state index contributed by atoms with van der Waals surface area (Å²) >= 11 is 1.08. The number of nitrogens with zero attached hydrogens (tertiary/aromatic N) is 3. The van der Waals surface area contributed by atoms with Gasteiger partial charge in [-0.15, -0.1) is 4.37 Å². The van der Waals surface area contributed by atoms with Gasteiger partial charge in [0.1, 0.15) is 6.61 Å². The minimum Gasteiger partial charge on any atom is -0.460 e. The van der Waals surface area contributed by atoms with Crippen LogP contribution in [0.2, 0.25) is 0 Å². The lowest BCUT2D eigenvalue weighted by Crippen LogP contribution is -2.33. The fourth-order valence-electron chi connectivity index (χ4n) is 3.13. The number of rotatable bonds is 4. The number of carbonyl (C=O) groups is 1. The van der Waals surface area contributed by atoms with Gasteiger partial charge in [0.2, 0.25) is 5.13 Å². The topological polar surface area (TPSA) is 87.6 Å². The number of hydrogen-bond acceptors (Lipinski definition) is 6. The highest BCUT2D eigenvalue weighted by Gasteiger charge is 2.38. The molecule has 3 rings (SSSR count). The molecule has 1 aliphatic carbocycles. The molecule has 1 aromatic rings. The minimum atomic E-state index is -0.942. The summed E-state index contributed by atoms with van der Waals surface area (Å²) in [5.41, 5.74) is -0.942. The summed E-state index contributed by atoms with van der Waals surface area (Å²) < 4.78 is 9.31. The molecule has 2 atom stereocenters. The molecule has 0 aromatic carbocycles. The molecule has 2 fully saturated rings. The van der Waals surface area contributed by atoms with Gasteiger partial charge in [0.15, 0.2) is 0 Å². The summed E-state index contributed by atoms with van der Waals surface area (Å²) in [6, 6.07) is 0.0697. The molecule has 2 unspecified atom stereocenters.